The van der Waals surface area contributed by atoms with Crippen molar-refractivity contribution in [2.24, 2.45) is 5.73 Å². The Morgan fingerprint density at radius 2 is 2.33 bits per heavy atom. The molecule has 2 aliphatic heterocycles. The smallest absolute Gasteiger partial charge is 0.315 e. The number of hydrogen-bond acceptors (Lipinski definition) is 2. The van der Waals surface area contributed by atoms with Crippen LogP contribution in [-0.2, 0) is 4.74 Å². The van der Waals surface area contributed by atoms with Crippen LogP contribution in [0, 0.1) is 0 Å². The minimum Gasteiger partial charge on any atom is -0.379 e. The highest BCUT2D eigenvalue weighted by Gasteiger charge is 2.45. The number of carbonyl (C=O) groups excluding carboxylic acids is 1. The van der Waals surface area contributed by atoms with Gasteiger partial charge in [-0.2, -0.15) is 0 Å². The molecule has 1 atom stereocenters. The first-order valence-electron chi connectivity index (χ1n) is 4.39. The second-order valence-electron chi connectivity index (χ2n) is 3.62. The van der Waals surface area contributed by atoms with Crippen molar-refractivity contribution in [1.82, 2.24) is 4.90 Å². The average Bonchev–Trinajstić information content (AvgIpc) is 2.61. The predicted molar refractivity (Wildman–Crippen MR) is 43.7 cm³/mol. The number of nitrogens with zero attached hydrogens (tertiary/aromatic N) is 1. The SMILES string of the molecule is NC(=O)N1CCCC12CCOC2. The number of amides is 2. The van der Waals surface area contributed by atoms with E-state index >= 15 is 0 Å². The van der Waals surface area contributed by atoms with E-state index in [1.165, 1.54) is 0 Å². The van der Waals surface area contributed by atoms with Crippen molar-refractivity contribution in [2.45, 2.75) is 24.8 Å². The Balaban J connectivity index is 2.17. The maximum Gasteiger partial charge on any atom is 0.315 e. The molecule has 2 heterocycles. The largest absolute Gasteiger partial charge is 0.379 e. The number of rotatable bonds is 0. The van der Waals surface area contributed by atoms with Crippen LogP contribution in [0.5, 0.6) is 0 Å². The van der Waals surface area contributed by atoms with Crippen LogP contribution in [0.2, 0.25) is 0 Å². The summed E-state index contributed by atoms with van der Waals surface area (Å²) < 4.78 is 5.31. The Morgan fingerprint density at radius 1 is 1.50 bits per heavy atom. The number of ether oxygens (including phenoxy) is 1. The molecule has 2 saturated heterocycles. The third kappa shape index (κ3) is 0.982. The summed E-state index contributed by atoms with van der Waals surface area (Å²) in [6, 6.07) is -0.294. The Hall–Kier alpha value is -0.770. The van der Waals surface area contributed by atoms with E-state index in [4.69, 9.17) is 10.5 Å². The van der Waals surface area contributed by atoms with Gasteiger partial charge in [-0.05, 0) is 19.3 Å². The average molecular weight is 170 g/mol. The summed E-state index contributed by atoms with van der Waals surface area (Å²) in [5.41, 5.74) is 5.25. The van der Waals surface area contributed by atoms with E-state index in [9.17, 15) is 4.79 Å². The zero-order chi connectivity index (χ0) is 8.60. The molecule has 12 heavy (non-hydrogen) atoms. The van der Waals surface area contributed by atoms with Crippen LogP contribution in [0.25, 0.3) is 0 Å². The molecule has 68 valence electrons. The van der Waals surface area contributed by atoms with Crippen LogP contribution in [0.1, 0.15) is 19.3 Å². The fourth-order valence-corrected chi connectivity index (χ4v) is 2.29. The molecule has 2 N–H and O–H groups in total. The van der Waals surface area contributed by atoms with Crippen LogP contribution in [0.15, 0.2) is 0 Å². The molecular weight excluding hydrogens is 156 g/mol. The molecule has 0 aromatic heterocycles. The molecule has 0 bridgehead atoms. The lowest BCUT2D eigenvalue weighted by Crippen LogP contribution is -2.50. The van der Waals surface area contributed by atoms with Gasteiger partial charge < -0.3 is 15.4 Å². The third-order valence-corrected chi connectivity index (χ3v) is 2.94. The fourth-order valence-electron chi connectivity index (χ4n) is 2.29. The minimum absolute atomic E-state index is 0.0359. The molecule has 0 aromatic rings. The van der Waals surface area contributed by atoms with Gasteiger partial charge in [0.15, 0.2) is 0 Å². The number of primary amides is 1. The summed E-state index contributed by atoms with van der Waals surface area (Å²) in [5, 5.41) is 0. The van der Waals surface area contributed by atoms with E-state index in [1.807, 2.05) is 0 Å². The molecule has 1 unspecified atom stereocenters. The van der Waals surface area contributed by atoms with Crippen LogP contribution >= 0.6 is 0 Å². The van der Waals surface area contributed by atoms with Gasteiger partial charge in [0.2, 0.25) is 0 Å². The van der Waals surface area contributed by atoms with Crippen molar-refractivity contribution >= 4 is 6.03 Å². The highest BCUT2D eigenvalue weighted by atomic mass is 16.5. The lowest BCUT2D eigenvalue weighted by Gasteiger charge is -2.31. The molecule has 0 aliphatic carbocycles. The van der Waals surface area contributed by atoms with Gasteiger partial charge in [0.05, 0.1) is 12.1 Å². The Kier molecular flexibility index (Phi) is 1.72. The zero-order valence-corrected chi connectivity index (χ0v) is 7.08. The van der Waals surface area contributed by atoms with Crippen molar-refractivity contribution in [3.05, 3.63) is 0 Å². The van der Waals surface area contributed by atoms with Crippen LogP contribution in [0.4, 0.5) is 4.79 Å². The van der Waals surface area contributed by atoms with E-state index < -0.39 is 0 Å². The summed E-state index contributed by atoms with van der Waals surface area (Å²) in [7, 11) is 0. The molecule has 0 saturated carbocycles. The molecule has 1 spiro atoms. The number of carbonyl (C=O) groups is 1. The maximum atomic E-state index is 11.1. The topological polar surface area (TPSA) is 55.6 Å². The van der Waals surface area contributed by atoms with Gasteiger partial charge in [0.1, 0.15) is 0 Å². The highest BCUT2D eigenvalue weighted by Crippen LogP contribution is 2.35. The van der Waals surface area contributed by atoms with Crippen LogP contribution in [0.3, 0.4) is 0 Å². The molecular formula is C8H14N2O2. The second-order valence-corrected chi connectivity index (χ2v) is 3.62. The van der Waals surface area contributed by atoms with Crippen molar-refractivity contribution < 1.29 is 9.53 Å². The molecule has 0 aromatic carbocycles. The van der Waals surface area contributed by atoms with Crippen molar-refractivity contribution in [3.63, 3.8) is 0 Å². The van der Waals surface area contributed by atoms with Gasteiger partial charge in [-0.1, -0.05) is 0 Å². The normalized spacial score (nSPS) is 34.8. The minimum atomic E-state index is -0.294. The zero-order valence-electron chi connectivity index (χ0n) is 7.08. The van der Waals surface area contributed by atoms with E-state index in [-0.39, 0.29) is 11.6 Å². The first kappa shape index (κ1) is 7.86. The monoisotopic (exact) mass is 170 g/mol. The van der Waals surface area contributed by atoms with E-state index in [0.29, 0.717) is 6.61 Å². The van der Waals surface area contributed by atoms with Gasteiger partial charge in [-0.3, -0.25) is 0 Å². The second kappa shape index (κ2) is 2.62. The number of nitrogens with two attached hydrogens (primary N) is 1. The number of urea groups is 1. The quantitative estimate of drug-likeness (QED) is 0.569. The number of likely N-dealkylation sites (tertiary alicyclic amines) is 1. The Morgan fingerprint density at radius 3 is 2.92 bits per heavy atom. The summed E-state index contributed by atoms with van der Waals surface area (Å²) in [6.07, 6.45) is 3.07. The van der Waals surface area contributed by atoms with Gasteiger partial charge in [-0.15, -0.1) is 0 Å². The first-order valence-corrected chi connectivity index (χ1v) is 4.39. The Bertz CT molecular complexity index is 194. The molecule has 2 amide bonds. The lowest BCUT2D eigenvalue weighted by atomic mass is 9.96. The van der Waals surface area contributed by atoms with Crippen LogP contribution in [-0.4, -0.2) is 36.2 Å². The highest BCUT2D eigenvalue weighted by molar-refractivity contribution is 5.73. The van der Waals surface area contributed by atoms with Crippen molar-refractivity contribution in [2.75, 3.05) is 19.8 Å². The standard InChI is InChI=1S/C8H14N2O2/c9-7(11)10-4-1-2-8(10)3-5-12-6-8/h1-6H2,(H2,9,11). The van der Waals surface area contributed by atoms with Crippen LogP contribution < -0.4 is 5.73 Å². The number of hydrogen-bond donors (Lipinski definition) is 1. The van der Waals surface area contributed by atoms with Gasteiger partial charge >= 0.3 is 6.03 Å². The molecule has 2 fully saturated rings. The van der Waals surface area contributed by atoms with E-state index in [1.54, 1.807) is 4.90 Å². The first-order chi connectivity index (χ1) is 5.75. The summed E-state index contributed by atoms with van der Waals surface area (Å²) in [5.74, 6) is 0. The van der Waals surface area contributed by atoms with Gasteiger partial charge in [0.25, 0.3) is 0 Å². The fraction of sp³-hybridized carbons (Fsp3) is 0.875. The maximum absolute atomic E-state index is 11.1. The summed E-state index contributed by atoms with van der Waals surface area (Å²) in [6.45, 7) is 2.25. The molecule has 0 radical (unpaired) electrons. The third-order valence-electron chi connectivity index (χ3n) is 2.94. The predicted octanol–water partition coefficient (Wildman–Crippen LogP) is 0.320. The molecule has 2 rings (SSSR count). The molecule has 4 nitrogen and oxygen atoms in total. The lowest BCUT2D eigenvalue weighted by molar-refractivity contribution is 0.119. The van der Waals surface area contributed by atoms with Gasteiger partial charge in [0, 0.05) is 13.2 Å². The van der Waals surface area contributed by atoms with Crippen molar-refractivity contribution in [1.29, 1.82) is 0 Å². The van der Waals surface area contributed by atoms with E-state index in [2.05, 4.69) is 0 Å². The summed E-state index contributed by atoms with van der Waals surface area (Å²) >= 11 is 0. The molecule has 4 heteroatoms. The van der Waals surface area contributed by atoms with Gasteiger partial charge in [-0.25, -0.2) is 4.79 Å². The Labute approximate surface area is 71.7 Å². The van der Waals surface area contributed by atoms with E-state index in [0.717, 1.165) is 32.4 Å². The van der Waals surface area contributed by atoms with Crippen molar-refractivity contribution in [3.8, 4) is 0 Å². The summed E-state index contributed by atoms with van der Waals surface area (Å²) in [4.78, 5) is 12.8. The molecule has 2 aliphatic rings.